The van der Waals surface area contributed by atoms with Crippen molar-refractivity contribution in [1.82, 2.24) is 0 Å². The van der Waals surface area contributed by atoms with E-state index in [0.29, 0.717) is 19.1 Å². The van der Waals surface area contributed by atoms with Gasteiger partial charge in [-0.05, 0) is 35.8 Å². The first-order chi connectivity index (χ1) is 11.7. The number of ether oxygens (including phenoxy) is 3. The van der Waals surface area contributed by atoms with E-state index < -0.39 is 8.32 Å². The lowest BCUT2D eigenvalue weighted by Crippen LogP contribution is -2.42. The molecule has 25 heavy (non-hydrogen) atoms. The van der Waals surface area contributed by atoms with Crippen LogP contribution in [0, 0.1) is 11.8 Å². The van der Waals surface area contributed by atoms with Gasteiger partial charge in [0.2, 0.25) is 6.79 Å². The van der Waals surface area contributed by atoms with Crippen molar-refractivity contribution in [2.45, 2.75) is 45.0 Å². The number of fused-ring (bicyclic) bond motifs is 1. The van der Waals surface area contributed by atoms with Gasteiger partial charge in [0, 0.05) is 18.4 Å². The van der Waals surface area contributed by atoms with Crippen molar-refractivity contribution >= 4 is 8.32 Å². The highest BCUT2D eigenvalue weighted by Gasteiger charge is 2.42. The van der Waals surface area contributed by atoms with Crippen molar-refractivity contribution in [3.05, 3.63) is 36.4 Å². The molecule has 0 radical (unpaired) electrons. The predicted molar refractivity (Wildman–Crippen MR) is 102 cm³/mol. The van der Waals surface area contributed by atoms with E-state index in [1.807, 2.05) is 18.2 Å². The number of hydrogen-bond donors (Lipinski definition) is 0. The molecular weight excluding hydrogens is 332 g/mol. The van der Waals surface area contributed by atoms with Gasteiger partial charge in [-0.3, -0.25) is 0 Å². The Hall–Kier alpha value is -1.30. The molecule has 0 aromatic heterocycles. The SMILES string of the molecule is C=C[C@H]1CO[C@H](c2ccc3c(c2)OCO3)[C@H]1CO[Si](C)(C)C(C)(C)C. The van der Waals surface area contributed by atoms with Crippen molar-refractivity contribution in [2.24, 2.45) is 11.8 Å². The normalized spacial score (nSPS) is 26.0. The van der Waals surface area contributed by atoms with Crippen LogP contribution in [0.15, 0.2) is 30.9 Å². The van der Waals surface area contributed by atoms with Gasteiger partial charge in [-0.25, -0.2) is 0 Å². The molecule has 0 bridgehead atoms. The van der Waals surface area contributed by atoms with E-state index in [4.69, 9.17) is 18.6 Å². The van der Waals surface area contributed by atoms with Crippen molar-refractivity contribution < 1.29 is 18.6 Å². The van der Waals surface area contributed by atoms with Gasteiger partial charge in [0.15, 0.2) is 19.8 Å². The molecule has 2 aliphatic heterocycles. The molecule has 1 fully saturated rings. The highest BCUT2D eigenvalue weighted by atomic mass is 28.4. The average Bonchev–Trinajstić information content (AvgIpc) is 3.17. The molecule has 138 valence electrons. The summed E-state index contributed by atoms with van der Waals surface area (Å²) in [6.07, 6.45) is 2.01. The van der Waals surface area contributed by atoms with Crippen molar-refractivity contribution in [2.75, 3.05) is 20.0 Å². The lowest BCUT2D eigenvalue weighted by molar-refractivity contribution is 0.0735. The van der Waals surface area contributed by atoms with Gasteiger partial charge in [-0.2, -0.15) is 0 Å². The third-order valence-corrected chi connectivity index (χ3v) is 10.4. The van der Waals surface area contributed by atoms with Gasteiger partial charge >= 0.3 is 0 Å². The predicted octanol–water partition coefficient (Wildman–Crippen LogP) is 4.93. The third-order valence-electron chi connectivity index (χ3n) is 5.88. The summed E-state index contributed by atoms with van der Waals surface area (Å²) in [5.41, 5.74) is 1.12. The van der Waals surface area contributed by atoms with E-state index >= 15 is 0 Å². The molecule has 0 N–H and O–H groups in total. The number of benzene rings is 1. The van der Waals surface area contributed by atoms with Gasteiger partial charge in [-0.15, -0.1) is 6.58 Å². The Morgan fingerprint density at radius 2 is 1.96 bits per heavy atom. The molecule has 3 atom stereocenters. The van der Waals surface area contributed by atoms with Crippen molar-refractivity contribution in [3.63, 3.8) is 0 Å². The molecule has 2 heterocycles. The Kier molecular flexibility index (Phi) is 5.01. The fraction of sp³-hybridized carbons (Fsp3) is 0.600. The Labute approximate surface area is 152 Å². The first-order valence-electron chi connectivity index (χ1n) is 9.00. The van der Waals surface area contributed by atoms with E-state index in [1.54, 1.807) is 0 Å². The first-order valence-corrected chi connectivity index (χ1v) is 11.9. The Morgan fingerprint density at radius 3 is 2.64 bits per heavy atom. The van der Waals surface area contributed by atoms with Crippen LogP contribution in [-0.2, 0) is 9.16 Å². The molecule has 0 aliphatic carbocycles. The van der Waals surface area contributed by atoms with Crippen molar-refractivity contribution in [3.8, 4) is 11.5 Å². The largest absolute Gasteiger partial charge is 0.454 e. The molecule has 4 nitrogen and oxygen atoms in total. The molecule has 0 saturated carbocycles. The summed E-state index contributed by atoms with van der Waals surface area (Å²) in [6, 6.07) is 6.08. The zero-order chi connectivity index (χ0) is 18.2. The lowest BCUT2D eigenvalue weighted by atomic mass is 9.88. The zero-order valence-electron chi connectivity index (χ0n) is 16.0. The molecule has 5 heteroatoms. The lowest BCUT2D eigenvalue weighted by Gasteiger charge is -2.37. The Bertz CT molecular complexity index is 635. The molecule has 3 rings (SSSR count). The van der Waals surface area contributed by atoms with Crippen LogP contribution in [0.3, 0.4) is 0 Å². The van der Waals surface area contributed by atoms with Gasteiger partial charge in [-0.1, -0.05) is 32.9 Å². The summed E-state index contributed by atoms with van der Waals surface area (Å²) in [7, 11) is -1.80. The summed E-state index contributed by atoms with van der Waals surface area (Å²) >= 11 is 0. The highest BCUT2D eigenvalue weighted by molar-refractivity contribution is 6.74. The van der Waals surface area contributed by atoms with Crippen LogP contribution in [0.1, 0.15) is 32.4 Å². The number of rotatable bonds is 5. The Balaban J connectivity index is 1.78. The minimum atomic E-state index is -1.80. The van der Waals surface area contributed by atoms with Crippen LogP contribution < -0.4 is 9.47 Å². The van der Waals surface area contributed by atoms with Crippen molar-refractivity contribution in [1.29, 1.82) is 0 Å². The standard InChI is InChI=1S/C20H30O4Si/c1-7-14-11-21-19(15-8-9-17-18(10-15)23-13-22-17)16(14)12-24-25(5,6)20(2,3)4/h7-10,14,16,19H,1,11-13H2,2-6H3/t14-,16-,19+/m0/s1. The molecular formula is C20H30O4Si. The smallest absolute Gasteiger partial charge is 0.231 e. The van der Waals surface area contributed by atoms with E-state index in [2.05, 4.69) is 46.5 Å². The average molecular weight is 363 g/mol. The summed E-state index contributed by atoms with van der Waals surface area (Å²) in [5, 5.41) is 0.199. The Morgan fingerprint density at radius 1 is 1.24 bits per heavy atom. The second kappa shape index (κ2) is 6.78. The molecule has 0 unspecified atom stereocenters. The maximum absolute atomic E-state index is 6.51. The van der Waals surface area contributed by atoms with Crippen LogP contribution >= 0.6 is 0 Å². The number of hydrogen-bond acceptors (Lipinski definition) is 4. The van der Waals surface area contributed by atoms with Gasteiger partial charge < -0.3 is 18.6 Å². The maximum Gasteiger partial charge on any atom is 0.231 e. The van der Waals surface area contributed by atoms with Gasteiger partial charge in [0.05, 0.1) is 12.7 Å². The maximum atomic E-state index is 6.51. The fourth-order valence-electron chi connectivity index (χ4n) is 3.09. The van der Waals surface area contributed by atoms with Crippen LogP contribution in [-0.4, -0.2) is 28.3 Å². The van der Waals surface area contributed by atoms with E-state index in [-0.39, 0.29) is 23.9 Å². The summed E-state index contributed by atoms with van der Waals surface area (Å²) in [4.78, 5) is 0. The van der Waals surface area contributed by atoms with E-state index in [9.17, 15) is 0 Å². The van der Waals surface area contributed by atoms with Crippen LogP contribution in [0.25, 0.3) is 0 Å². The second-order valence-corrected chi connectivity index (χ2v) is 13.3. The summed E-state index contributed by atoms with van der Waals surface area (Å²) in [5.74, 6) is 2.18. The summed E-state index contributed by atoms with van der Waals surface area (Å²) in [6.45, 7) is 17.1. The summed E-state index contributed by atoms with van der Waals surface area (Å²) < 4.78 is 23.6. The topological polar surface area (TPSA) is 36.9 Å². The molecule has 2 aliphatic rings. The molecule has 1 aromatic rings. The molecule has 0 amide bonds. The molecule has 1 saturated heterocycles. The van der Waals surface area contributed by atoms with Crippen LogP contribution in [0.5, 0.6) is 11.5 Å². The molecule has 0 spiro atoms. The minimum absolute atomic E-state index is 0.00210. The zero-order valence-corrected chi connectivity index (χ0v) is 17.0. The fourth-order valence-corrected chi connectivity index (χ4v) is 4.14. The van der Waals surface area contributed by atoms with E-state index in [0.717, 1.165) is 17.1 Å². The minimum Gasteiger partial charge on any atom is -0.454 e. The van der Waals surface area contributed by atoms with Gasteiger partial charge in [0.25, 0.3) is 0 Å². The highest BCUT2D eigenvalue weighted by Crippen LogP contribution is 2.44. The third kappa shape index (κ3) is 3.64. The van der Waals surface area contributed by atoms with Gasteiger partial charge in [0.1, 0.15) is 0 Å². The first kappa shape index (κ1) is 18.5. The van der Waals surface area contributed by atoms with Crippen LogP contribution in [0.2, 0.25) is 18.1 Å². The van der Waals surface area contributed by atoms with E-state index in [1.165, 1.54) is 0 Å². The second-order valence-electron chi connectivity index (χ2n) is 8.50. The molecule has 1 aromatic carbocycles. The monoisotopic (exact) mass is 362 g/mol. The van der Waals surface area contributed by atoms with Crippen LogP contribution in [0.4, 0.5) is 0 Å². The quantitative estimate of drug-likeness (QED) is 0.550.